The van der Waals surface area contributed by atoms with Crippen LogP contribution in [0.15, 0.2) is 29.4 Å². The average molecular weight is 234 g/mol. The van der Waals surface area contributed by atoms with E-state index in [4.69, 9.17) is 15.3 Å². The van der Waals surface area contributed by atoms with Crippen molar-refractivity contribution < 1.29 is 14.4 Å². The second-order valence-corrected chi connectivity index (χ2v) is 3.87. The molecule has 0 fully saturated rings. The van der Waals surface area contributed by atoms with Gasteiger partial charge in [-0.3, -0.25) is 4.79 Å². The Morgan fingerprint density at radius 1 is 1.53 bits per heavy atom. The van der Waals surface area contributed by atoms with Gasteiger partial charge in [-0.05, 0) is 29.8 Å². The van der Waals surface area contributed by atoms with Crippen molar-refractivity contribution in [2.24, 2.45) is 10.9 Å². The van der Waals surface area contributed by atoms with Crippen LogP contribution in [0.3, 0.4) is 0 Å². The molecule has 5 nitrogen and oxygen atoms in total. The smallest absolute Gasteiger partial charge is 0.221 e. The Balaban J connectivity index is 2.02. The van der Waals surface area contributed by atoms with Crippen LogP contribution >= 0.6 is 0 Å². The Bertz CT molecular complexity index is 440. The predicted molar refractivity (Wildman–Crippen MR) is 62.8 cm³/mol. The molecule has 1 aromatic carbocycles. The molecule has 5 heteroatoms. The van der Waals surface area contributed by atoms with E-state index in [1.54, 1.807) is 7.11 Å². The van der Waals surface area contributed by atoms with Gasteiger partial charge in [0.2, 0.25) is 5.91 Å². The number of nitrogens with two attached hydrogens (primary N) is 1. The molecule has 0 radical (unpaired) electrons. The number of benzene rings is 1. The maximum atomic E-state index is 10.8. The SMILES string of the molecule is COc1ccc(C2=NOC(CC(N)=O)C2)cc1. The van der Waals surface area contributed by atoms with E-state index in [1.807, 2.05) is 24.3 Å². The number of primary amides is 1. The summed E-state index contributed by atoms with van der Waals surface area (Å²) in [5.74, 6) is 0.420. The summed E-state index contributed by atoms with van der Waals surface area (Å²) in [6.07, 6.45) is 0.572. The van der Waals surface area contributed by atoms with Crippen molar-refractivity contribution in [1.82, 2.24) is 0 Å². The Morgan fingerprint density at radius 3 is 2.82 bits per heavy atom. The lowest BCUT2D eigenvalue weighted by atomic mass is 10.0. The van der Waals surface area contributed by atoms with Crippen LogP contribution in [0.2, 0.25) is 0 Å². The molecule has 0 aliphatic carbocycles. The van der Waals surface area contributed by atoms with Crippen LogP contribution in [0.4, 0.5) is 0 Å². The molecule has 1 unspecified atom stereocenters. The molecule has 1 atom stereocenters. The van der Waals surface area contributed by atoms with Crippen molar-refractivity contribution in [2.75, 3.05) is 7.11 Å². The molecular formula is C12H14N2O3. The molecule has 0 bridgehead atoms. The first-order valence-electron chi connectivity index (χ1n) is 5.34. The Labute approximate surface area is 99.2 Å². The first-order valence-corrected chi connectivity index (χ1v) is 5.34. The van der Waals surface area contributed by atoms with Crippen LogP contribution in [0, 0.1) is 0 Å². The van der Waals surface area contributed by atoms with E-state index in [9.17, 15) is 4.79 Å². The van der Waals surface area contributed by atoms with E-state index in [-0.39, 0.29) is 18.4 Å². The summed E-state index contributed by atoms with van der Waals surface area (Å²) in [5, 5.41) is 3.96. The van der Waals surface area contributed by atoms with E-state index >= 15 is 0 Å². The topological polar surface area (TPSA) is 73.9 Å². The standard InChI is InChI=1S/C12H14N2O3/c1-16-9-4-2-8(3-5-9)11-6-10(17-14-11)7-12(13)15/h2-5,10H,6-7H2,1H3,(H2,13,15). The highest BCUT2D eigenvalue weighted by Crippen LogP contribution is 2.20. The van der Waals surface area contributed by atoms with Gasteiger partial charge < -0.3 is 15.3 Å². The van der Waals surface area contributed by atoms with Gasteiger partial charge in [0.25, 0.3) is 0 Å². The molecule has 0 saturated heterocycles. The van der Waals surface area contributed by atoms with Gasteiger partial charge in [0, 0.05) is 6.42 Å². The molecule has 1 heterocycles. The predicted octanol–water partition coefficient (Wildman–Crippen LogP) is 1.06. The molecule has 2 rings (SSSR count). The molecule has 0 saturated carbocycles. The summed E-state index contributed by atoms with van der Waals surface area (Å²) in [7, 11) is 1.62. The zero-order valence-corrected chi connectivity index (χ0v) is 9.55. The number of hydrogen-bond acceptors (Lipinski definition) is 4. The number of methoxy groups -OCH3 is 1. The molecule has 0 spiro atoms. The van der Waals surface area contributed by atoms with Crippen molar-refractivity contribution >= 4 is 11.6 Å². The summed E-state index contributed by atoms with van der Waals surface area (Å²) in [6, 6.07) is 7.54. The number of rotatable bonds is 4. The Morgan fingerprint density at radius 2 is 2.24 bits per heavy atom. The lowest BCUT2D eigenvalue weighted by Gasteiger charge is -2.04. The largest absolute Gasteiger partial charge is 0.497 e. The van der Waals surface area contributed by atoms with Crippen molar-refractivity contribution in [1.29, 1.82) is 0 Å². The summed E-state index contributed by atoms with van der Waals surface area (Å²) in [5.41, 5.74) is 6.91. The summed E-state index contributed by atoms with van der Waals surface area (Å²) >= 11 is 0. The van der Waals surface area contributed by atoms with Crippen LogP contribution in [-0.4, -0.2) is 24.8 Å². The third kappa shape index (κ3) is 2.75. The Kier molecular flexibility index (Phi) is 3.27. The van der Waals surface area contributed by atoms with E-state index in [1.165, 1.54) is 0 Å². The van der Waals surface area contributed by atoms with Gasteiger partial charge >= 0.3 is 0 Å². The zero-order valence-electron chi connectivity index (χ0n) is 9.55. The van der Waals surface area contributed by atoms with Gasteiger partial charge in [0.1, 0.15) is 11.9 Å². The molecule has 1 amide bonds. The monoisotopic (exact) mass is 234 g/mol. The van der Waals surface area contributed by atoms with E-state index < -0.39 is 0 Å². The maximum absolute atomic E-state index is 10.8. The lowest BCUT2D eigenvalue weighted by molar-refractivity contribution is -0.120. The molecule has 17 heavy (non-hydrogen) atoms. The third-order valence-corrected chi connectivity index (χ3v) is 2.59. The van der Waals surface area contributed by atoms with E-state index in [2.05, 4.69) is 5.16 Å². The zero-order chi connectivity index (χ0) is 12.3. The van der Waals surface area contributed by atoms with Crippen molar-refractivity contribution in [2.45, 2.75) is 18.9 Å². The van der Waals surface area contributed by atoms with E-state index in [0.717, 1.165) is 17.0 Å². The summed E-state index contributed by atoms with van der Waals surface area (Å²) in [4.78, 5) is 15.9. The minimum Gasteiger partial charge on any atom is -0.497 e. The molecular weight excluding hydrogens is 220 g/mol. The van der Waals surface area contributed by atoms with Gasteiger partial charge in [0.05, 0.1) is 19.2 Å². The average Bonchev–Trinajstić information content (AvgIpc) is 2.77. The van der Waals surface area contributed by atoms with Crippen molar-refractivity contribution in [3.8, 4) is 5.75 Å². The normalized spacial score (nSPS) is 18.4. The van der Waals surface area contributed by atoms with Crippen LogP contribution in [0.25, 0.3) is 0 Å². The molecule has 2 N–H and O–H groups in total. The number of amides is 1. The fraction of sp³-hybridized carbons (Fsp3) is 0.333. The van der Waals surface area contributed by atoms with Crippen LogP contribution in [0.1, 0.15) is 18.4 Å². The molecule has 90 valence electrons. The number of oxime groups is 1. The van der Waals surface area contributed by atoms with Crippen LogP contribution < -0.4 is 10.5 Å². The van der Waals surface area contributed by atoms with E-state index in [0.29, 0.717) is 6.42 Å². The fourth-order valence-electron chi connectivity index (χ4n) is 1.72. The Hall–Kier alpha value is -2.04. The fourth-order valence-corrected chi connectivity index (χ4v) is 1.72. The minimum atomic E-state index is -0.374. The molecule has 1 aromatic rings. The summed E-state index contributed by atoms with van der Waals surface area (Å²) in [6.45, 7) is 0. The first-order chi connectivity index (χ1) is 8.19. The van der Waals surface area contributed by atoms with Gasteiger partial charge in [0.15, 0.2) is 0 Å². The second kappa shape index (κ2) is 4.86. The number of ether oxygens (including phenoxy) is 1. The number of hydrogen-bond donors (Lipinski definition) is 1. The lowest BCUT2D eigenvalue weighted by Crippen LogP contribution is -2.20. The number of carbonyl (C=O) groups is 1. The van der Waals surface area contributed by atoms with Crippen molar-refractivity contribution in [3.63, 3.8) is 0 Å². The highest BCUT2D eigenvalue weighted by Gasteiger charge is 2.23. The maximum Gasteiger partial charge on any atom is 0.221 e. The second-order valence-electron chi connectivity index (χ2n) is 3.87. The molecule has 1 aliphatic rings. The highest BCUT2D eigenvalue weighted by molar-refractivity contribution is 6.01. The number of nitrogens with zero attached hydrogens (tertiary/aromatic N) is 1. The van der Waals surface area contributed by atoms with Gasteiger partial charge in [-0.1, -0.05) is 5.16 Å². The summed E-state index contributed by atoms with van der Waals surface area (Å²) < 4.78 is 5.07. The number of carbonyl (C=O) groups excluding carboxylic acids is 1. The van der Waals surface area contributed by atoms with Gasteiger partial charge in [-0.25, -0.2) is 0 Å². The van der Waals surface area contributed by atoms with Gasteiger partial charge in [-0.15, -0.1) is 0 Å². The molecule has 1 aliphatic heterocycles. The van der Waals surface area contributed by atoms with Crippen LogP contribution in [-0.2, 0) is 9.63 Å². The third-order valence-electron chi connectivity index (χ3n) is 2.59. The van der Waals surface area contributed by atoms with Crippen LogP contribution in [0.5, 0.6) is 5.75 Å². The minimum absolute atomic E-state index is 0.198. The van der Waals surface area contributed by atoms with Crippen molar-refractivity contribution in [3.05, 3.63) is 29.8 Å². The van der Waals surface area contributed by atoms with Gasteiger partial charge in [-0.2, -0.15) is 0 Å². The molecule has 0 aromatic heterocycles. The highest BCUT2D eigenvalue weighted by atomic mass is 16.6. The quantitative estimate of drug-likeness (QED) is 0.846. The first kappa shape index (κ1) is 11.4.